The lowest BCUT2D eigenvalue weighted by Gasteiger charge is -2.25. The van der Waals surface area contributed by atoms with Crippen LogP contribution in [0.4, 0.5) is 4.39 Å². The molecule has 5 aromatic rings. The molecule has 0 spiro atoms. The Kier molecular flexibility index (Phi) is 6.53. The second-order valence-corrected chi connectivity index (χ2v) is 9.72. The average molecular weight is 518 g/mol. The summed E-state index contributed by atoms with van der Waals surface area (Å²) in [5.74, 6) is 1.64. The largest absolute Gasteiger partial charge is 0.489 e. The maximum Gasteiger partial charge on any atom is 0.184 e. The number of alkyl halides is 1. The van der Waals surface area contributed by atoms with E-state index in [4.69, 9.17) is 26.4 Å². The summed E-state index contributed by atoms with van der Waals surface area (Å²) in [4.78, 5) is 4.78. The van der Waals surface area contributed by atoms with Gasteiger partial charge in [0.05, 0.1) is 17.5 Å². The van der Waals surface area contributed by atoms with Gasteiger partial charge in [-0.3, -0.25) is 0 Å². The molecule has 0 aliphatic heterocycles. The van der Waals surface area contributed by atoms with Gasteiger partial charge in [0, 0.05) is 28.3 Å². The molecule has 37 heavy (non-hydrogen) atoms. The second kappa shape index (κ2) is 10.3. The Morgan fingerprint density at radius 2 is 1.95 bits per heavy atom. The number of tetrazole rings is 1. The van der Waals surface area contributed by atoms with Crippen LogP contribution in [0.25, 0.3) is 28.2 Å². The molecule has 0 atom stereocenters. The number of hydrogen-bond acceptors (Lipinski definition) is 6. The summed E-state index contributed by atoms with van der Waals surface area (Å²) in [7, 11) is 0. The van der Waals surface area contributed by atoms with Crippen LogP contribution in [0.5, 0.6) is 5.75 Å². The zero-order valence-electron chi connectivity index (χ0n) is 20.1. The standard InChI is InChI=1S/C27H25ClFN7O/c28-24-11-17(9-10-20(24)13-29)16-37-21-8-4-7-19(12-21)22-14-30-27-23(26-32-34-35-33-26)15-31-36(27)25(22)18-5-2-1-3-6-18/h4,7-12,14-15,18H,1-3,5-6,13,16H2,(H,32,33,34,35). The van der Waals surface area contributed by atoms with Crippen molar-refractivity contribution in [2.24, 2.45) is 0 Å². The van der Waals surface area contributed by atoms with Gasteiger partial charge in [0.1, 0.15) is 19.0 Å². The highest BCUT2D eigenvalue weighted by molar-refractivity contribution is 6.31. The summed E-state index contributed by atoms with van der Waals surface area (Å²) >= 11 is 6.17. The lowest BCUT2D eigenvalue weighted by Crippen LogP contribution is -2.12. The summed E-state index contributed by atoms with van der Waals surface area (Å²) in [5.41, 5.74) is 6.04. The predicted molar refractivity (Wildman–Crippen MR) is 138 cm³/mol. The van der Waals surface area contributed by atoms with E-state index >= 15 is 0 Å². The van der Waals surface area contributed by atoms with Crippen molar-refractivity contribution >= 4 is 17.2 Å². The van der Waals surface area contributed by atoms with Gasteiger partial charge in [-0.2, -0.15) is 5.10 Å². The highest BCUT2D eigenvalue weighted by Gasteiger charge is 2.25. The van der Waals surface area contributed by atoms with Crippen LogP contribution in [0.2, 0.25) is 5.02 Å². The first-order chi connectivity index (χ1) is 18.2. The molecule has 1 aliphatic rings. The van der Waals surface area contributed by atoms with E-state index in [-0.39, 0.29) is 0 Å². The molecule has 3 aromatic heterocycles. The number of H-pyrrole nitrogens is 1. The third kappa shape index (κ3) is 4.67. The lowest BCUT2D eigenvalue weighted by atomic mass is 9.84. The molecule has 3 heterocycles. The van der Waals surface area contributed by atoms with Gasteiger partial charge in [0.25, 0.3) is 0 Å². The third-order valence-corrected chi connectivity index (χ3v) is 7.32. The van der Waals surface area contributed by atoms with Crippen LogP contribution in [0.15, 0.2) is 54.9 Å². The van der Waals surface area contributed by atoms with Gasteiger partial charge in [-0.25, -0.2) is 19.0 Å². The van der Waals surface area contributed by atoms with Gasteiger partial charge in [0.15, 0.2) is 11.5 Å². The quantitative estimate of drug-likeness (QED) is 0.271. The number of hydrogen-bond donors (Lipinski definition) is 1. The molecule has 1 fully saturated rings. The minimum absolute atomic E-state index is 0.330. The first-order valence-corrected chi connectivity index (χ1v) is 12.8. The Morgan fingerprint density at radius 1 is 1.05 bits per heavy atom. The van der Waals surface area contributed by atoms with Crippen molar-refractivity contribution < 1.29 is 9.13 Å². The Balaban J connectivity index is 1.36. The number of benzene rings is 2. The number of halogens is 2. The number of aromatic nitrogens is 7. The first kappa shape index (κ1) is 23.5. The molecule has 10 heteroatoms. The normalized spacial score (nSPS) is 14.3. The molecule has 6 rings (SSSR count). The summed E-state index contributed by atoms with van der Waals surface area (Å²) in [6.07, 6.45) is 9.55. The smallest absolute Gasteiger partial charge is 0.184 e. The van der Waals surface area contributed by atoms with Crippen molar-refractivity contribution in [2.75, 3.05) is 0 Å². The van der Waals surface area contributed by atoms with Crippen LogP contribution in [0, 0.1) is 0 Å². The van der Waals surface area contributed by atoms with Crippen LogP contribution >= 0.6 is 11.6 Å². The van der Waals surface area contributed by atoms with E-state index in [0.29, 0.717) is 28.9 Å². The minimum atomic E-state index is -0.587. The van der Waals surface area contributed by atoms with E-state index in [1.807, 2.05) is 35.0 Å². The van der Waals surface area contributed by atoms with E-state index in [9.17, 15) is 4.39 Å². The molecular formula is C27H25ClFN7O. The second-order valence-electron chi connectivity index (χ2n) is 9.31. The van der Waals surface area contributed by atoms with Crippen molar-refractivity contribution in [2.45, 2.75) is 51.3 Å². The lowest BCUT2D eigenvalue weighted by molar-refractivity contribution is 0.306. The number of nitrogens with one attached hydrogen (secondary N) is 1. The third-order valence-electron chi connectivity index (χ3n) is 6.97. The summed E-state index contributed by atoms with van der Waals surface area (Å²) in [5, 5.41) is 19.4. The molecule has 2 aromatic carbocycles. The average Bonchev–Trinajstić information content (AvgIpc) is 3.62. The van der Waals surface area contributed by atoms with E-state index in [0.717, 1.165) is 52.2 Å². The van der Waals surface area contributed by atoms with Gasteiger partial charge in [0.2, 0.25) is 0 Å². The molecule has 1 N–H and O–H groups in total. The van der Waals surface area contributed by atoms with Crippen LogP contribution < -0.4 is 4.74 Å². The molecule has 0 bridgehead atoms. The fourth-order valence-corrected chi connectivity index (χ4v) is 5.34. The Labute approximate surface area is 217 Å². The van der Waals surface area contributed by atoms with Gasteiger partial charge in [-0.1, -0.05) is 55.1 Å². The van der Waals surface area contributed by atoms with E-state index in [2.05, 4.69) is 26.7 Å². The fraction of sp³-hybridized carbons (Fsp3) is 0.296. The Morgan fingerprint density at radius 3 is 2.73 bits per heavy atom. The highest BCUT2D eigenvalue weighted by atomic mass is 35.5. The van der Waals surface area contributed by atoms with Crippen molar-refractivity contribution in [3.8, 4) is 28.3 Å². The van der Waals surface area contributed by atoms with Crippen LogP contribution in [-0.4, -0.2) is 35.2 Å². The zero-order valence-corrected chi connectivity index (χ0v) is 20.8. The topological polar surface area (TPSA) is 93.9 Å². The highest BCUT2D eigenvalue weighted by Crippen LogP contribution is 2.39. The summed E-state index contributed by atoms with van der Waals surface area (Å²) in [6.45, 7) is -0.257. The molecule has 8 nitrogen and oxygen atoms in total. The van der Waals surface area contributed by atoms with E-state index in [1.54, 1.807) is 18.3 Å². The zero-order chi connectivity index (χ0) is 25.2. The van der Waals surface area contributed by atoms with Crippen molar-refractivity contribution in [1.82, 2.24) is 35.2 Å². The number of ether oxygens (including phenoxy) is 1. The van der Waals surface area contributed by atoms with E-state index < -0.39 is 6.67 Å². The monoisotopic (exact) mass is 517 g/mol. The fourth-order valence-electron chi connectivity index (χ4n) is 5.09. The number of fused-ring (bicyclic) bond motifs is 1. The Bertz CT molecular complexity index is 1530. The summed E-state index contributed by atoms with van der Waals surface area (Å²) in [6, 6.07) is 13.3. The Hall–Kier alpha value is -3.85. The van der Waals surface area contributed by atoms with Crippen molar-refractivity contribution in [3.63, 3.8) is 0 Å². The molecular weight excluding hydrogens is 493 g/mol. The van der Waals surface area contributed by atoms with Gasteiger partial charge >= 0.3 is 0 Å². The van der Waals surface area contributed by atoms with Crippen LogP contribution in [0.1, 0.15) is 54.8 Å². The number of nitrogens with zero attached hydrogens (tertiary/aromatic N) is 6. The summed E-state index contributed by atoms with van der Waals surface area (Å²) < 4.78 is 21.0. The number of aromatic amines is 1. The molecule has 0 saturated heterocycles. The predicted octanol–water partition coefficient (Wildman–Crippen LogP) is 6.33. The van der Waals surface area contributed by atoms with Gasteiger partial charge in [-0.15, -0.1) is 5.10 Å². The molecule has 188 valence electrons. The molecule has 0 unspecified atom stereocenters. The van der Waals surface area contributed by atoms with E-state index in [1.165, 1.54) is 19.3 Å². The van der Waals surface area contributed by atoms with Crippen molar-refractivity contribution in [1.29, 1.82) is 0 Å². The molecule has 0 amide bonds. The number of rotatable bonds is 7. The van der Waals surface area contributed by atoms with Crippen molar-refractivity contribution in [3.05, 3.63) is 76.7 Å². The maximum absolute atomic E-state index is 13.0. The van der Waals surface area contributed by atoms with Gasteiger partial charge < -0.3 is 4.74 Å². The SMILES string of the molecule is FCc1ccc(COc2cccc(-c3cnc4c(-c5nnn[nH]5)cnn4c3C3CCCCC3)c2)cc1Cl. The maximum atomic E-state index is 13.0. The van der Waals surface area contributed by atoms with Gasteiger partial charge in [-0.05, 0) is 52.6 Å². The molecule has 0 radical (unpaired) electrons. The minimum Gasteiger partial charge on any atom is -0.489 e. The first-order valence-electron chi connectivity index (χ1n) is 12.4. The van der Waals surface area contributed by atoms with Crippen LogP contribution in [-0.2, 0) is 13.3 Å². The molecule has 1 saturated carbocycles. The molecule has 1 aliphatic carbocycles. The van der Waals surface area contributed by atoms with Crippen LogP contribution in [0.3, 0.4) is 0 Å².